The van der Waals surface area contributed by atoms with Crippen LogP contribution in [0.1, 0.15) is 20.8 Å². The average Bonchev–Trinajstić information content (AvgIpc) is 3.31. The number of hydrogen-bond donors (Lipinski definition) is 3. The SMILES string of the molecule is O=C(NC1(CO)COC1)c1cc(NC(=O)c2cc(-c3ccccn3)c(Cl)cc2Cl)n(-c2ccccc2)n1. The van der Waals surface area contributed by atoms with Gasteiger partial charge in [0.15, 0.2) is 5.69 Å². The molecule has 3 heterocycles. The molecule has 2 amide bonds. The monoisotopic (exact) mass is 537 g/mol. The number of anilines is 1. The number of aliphatic hydroxyl groups excluding tert-OH is 1. The normalized spacial score (nSPS) is 14.0. The van der Waals surface area contributed by atoms with Crippen LogP contribution >= 0.6 is 23.2 Å². The van der Waals surface area contributed by atoms with Gasteiger partial charge in [-0.15, -0.1) is 0 Å². The summed E-state index contributed by atoms with van der Waals surface area (Å²) in [5.74, 6) is -0.790. The van der Waals surface area contributed by atoms with Crippen molar-refractivity contribution in [3.63, 3.8) is 0 Å². The Labute approximate surface area is 222 Å². The number of rotatable bonds is 7. The van der Waals surface area contributed by atoms with Crippen LogP contribution in [0.25, 0.3) is 16.9 Å². The van der Waals surface area contributed by atoms with Gasteiger partial charge in [-0.1, -0.05) is 47.5 Å². The molecule has 0 atom stereocenters. The van der Waals surface area contributed by atoms with E-state index in [1.54, 1.807) is 36.5 Å². The number of aliphatic hydroxyl groups is 1. The van der Waals surface area contributed by atoms with Gasteiger partial charge in [-0.2, -0.15) is 5.10 Å². The fraction of sp³-hybridized carbons (Fsp3) is 0.154. The molecule has 188 valence electrons. The van der Waals surface area contributed by atoms with Gasteiger partial charge in [-0.05, 0) is 36.4 Å². The van der Waals surface area contributed by atoms with Crippen molar-refractivity contribution >= 4 is 40.8 Å². The lowest BCUT2D eigenvalue weighted by molar-refractivity contribution is -0.0920. The predicted molar refractivity (Wildman–Crippen MR) is 139 cm³/mol. The van der Waals surface area contributed by atoms with Gasteiger partial charge in [-0.3, -0.25) is 14.6 Å². The van der Waals surface area contributed by atoms with Gasteiger partial charge < -0.3 is 20.5 Å². The molecule has 1 fully saturated rings. The first-order chi connectivity index (χ1) is 17.9. The third-order valence-corrected chi connectivity index (χ3v) is 6.49. The summed E-state index contributed by atoms with van der Waals surface area (Å²) in [6.07, 6.45) is 1.63. The molecule has 0 bridgehead atoms. The Bertz CT molecular complexity index is 1450. The summed E-state index contributed by atoms with van der Waals surface area (Å²) >= 11 is 12.8. The van der Waals surface area contributed by atoms with E-state index in [0.717, 1.165) is 0 Å². The highest BCUT2D eigenvalue weighted by molar-refractivity contribution is 6.38. The van der Waals surface area contributed by atoms with Crippen LogP contribution in [0.2, 0.25) is 10.0 Å². The Morgan fingerprint density at radius 2 is 1.76 bits per heavy atom. The number of nitrogens with one attached hydrogen (secondary N) is 2. The highest BCUT2D eigenvalue weighted by Gasteiger charge is 2.40. The lowest BCUT2D eigenvalue weighted by Gasteiger charge is -2.40. The van der Waals surface area contributed by atoms with E-state index in [0.29, 0.717) is 22.0 Å². The average molecular weight is 538 g/mol. The highest BCUT2D eigenvalue weighted by atomic mass is 35.5. The first-order valence-corrected chi connectivity index (χ1v) is 12.0. The van der Waals surface area contributed by atoms with Crippen molar-refractivity contribution in [3.05, 3.63) is 94.2 Å². The molecule has 5 rings (SSSR count). The first-order valence-electron chi connectivity index (χ1n) is 11.3. The number of para-hydroxylation sites is 1. The molecule has 2 aromatic heterocycles. The molecule has 0 unspecified atom stereocenters. The van der Waals surface area contributed by atoms with Crippen molar-refractivity contribution in [1.29, 1.82) is 0 Å². The molecule has 0 radical (unpaired) electrons. The fourth-order valence-corrected chi connectivity index (χ4v) is 4.39. The van der Waals surface area contributed by atoms with E-state index in [1.165, 1.54) is 16.8 Å². The molecule has 4 aromatic rings. The zero-order chi connectivity index (χ0) is 26.0. The molecule has 9 nitrogen and oxygen atoms in total. The molecule has 2 aromatic carbocycles. The van der Waals surface area contributed by atoms with Gasteiger partial charge in [-0.25, -0.2) is 4.68 Å². The molecule has 3 N–H and O–H groups in total. The summed E-state index contributed by atoms with van der Waals surface area (Å²) < 4.78 is 6.59. The van der Waals surface area contributed by atoms with Crippen molar-refractivity contribution in [2.75, 3.05) is 25.1 Å². The lowest BCUT2D eigenvalue weighted by Crippen LogP contribution is -2.64. The number of hydrogen-bond acceptors (Lipinski definition) is 6. The number of halogens is 2. The maximum Gasteiger partial charge on any atom is 0.272 e. The number of nitrogens with zero attached hydrogens (tertiary/aromatic N) is 3. The minimum absolute atomic E-state index is 0.0512. The van der Waals surface area contributed by atoms with E-state index in [1.807, 2.05) is 24.3 Å². The van der Waals surface area contributed by atoms with Crippen molar-refractivity contribution in [2.45, 2.75) is 5.54 Å². The Hall–Kier alpha value is -3.76. The number of amides is 2. The number of carbonyl (C=O) groups is 2. The van der Waals surface area contributed by atoms with Crippen LogP contribution in [0.4, 0.5) is 5.82 Å². The highest BCUT2D eigenvalue weighted by Crippen LogP contribution is 2.32. The van der Waals surface area contributed by atoms with Crippen LogP contribution < -0.4 is 10.6 Å². The minimum Gasteiger partial charge on any atom is -0.394 e. The van der Waals surface area contributed by atoms with Gasteiger partial charge >= 0.3 is 0 Å². The maximum atomic E-state index is 13.4. The second kappa shape index (κ2) is 10.3. The van der Waals surface area contributed by atoms with E-state index in [2.05, 4.69) is 20.7 Å². The van der Waals surface area contributed by atoms with Crippen LogP contribution in [-0.2, 0) is 4.74 Å². The van der Waals surface area contributed by atoms with Crippen LogP contribution in [0.15, 0.2) is 72.9 Å². The summed E-state index contributed by atoms with van der Waals surface area (Å²) in [5.41, 5.74) is 1.13. The predicted octanol–water partition coefficient (Wildman–Crippen LogP) is 3.98. The Balaban J connectivity index is 1.48. The molecule has 37 heavy (non-hydrogen) atoms. The zero-order valence-corrected chi connectivity index (χ0v) is 20.8. The summed E-state index contributed by atoms with van der Waals surface area (Å²) in [5, 5.41) is 20.1. The van der Waals surface area contributed by atoms with Crippen molar-refractivity contribution < 1.29 is 19.4 Å². The standard InChI is InChI=1S/C26H21Cl2N5O4/c27-19-11-20(28)18(10-17(19)21-8-4-5-9-29-21)24(35)30-23-12-22(25(36)31-26(13-34)14-37-15-26)32-33(23)16-6-2-1-3-7-16/h1-12,34H,13-15H2,(H,30,35)(H,31,36). The molecule has 1 aliphatic rings. The molecule has 1 aliphatic heterocycles. The quantitative estimate of drug-likeness (QED) is 0.328. The number of ether oxygens (including phenoxy) is 1. The number of carbonyl (C=O) groups excluding carboxylic acids is 2. The van der Waals surface area contributed by atoms with Crippen LogP contribution in [0, 0.1) is 0 Å². The van der Waals surface area contributed by atoms with Crippen molar-refractivity contribution in [2.24, 2.45) is 0 Å². The summed E-state index contributed by atoms with van der Waals surface area (Å²) in [6.45, 7) is 0.132. The van der Waals surface area contributed by atoms with E-state index in [4.69, 9.17) is 27.9 Å². The van der Waals surface area contributed by atoms with E-state index >= 15 is 0 Å². The second-order valence-corrected chi connectivity index (χ2v) is 9.34. The smallest absolute Gasteiger partial charge is 0.272 e. The fourth-order valence-electron chi connectivity index (χ4n) is 3.83. The minimum atomic E-state index is -0.851. The van der Waals surface area contributed by atoms with Gasteiger partial charge in [0.2, 0.25) is 0 Å². The molecule has 0 aliphatic carbocycles. The number of pyridine rings is 1. The largest absolute Gasteiger partial charge is 0.394 e. The van der Waals surface area contributed by atoms with E-state index in [-0.39, 0.29) is 41.9 Å². The Kier molecular flexibility index (Phi) is 6.94. The number of benzene rings is 2. The van der Waals surface area contributed by atoms with Gasteiger partial charge in [0, 0.05) is 17.8 Å². The third-order valence-electron chi connectivity index (χ3n) is 5.86. The zero-order valence-electron chi connectivity index (χ0n) is 19.3. The summed E-state index contributed by atoms with van der Waals surface area (Å²) in [7, 11) is 0. The van der Waals surface area contributed by atoms with Crippen molar-refractivity contribution in [1.82, 2.24) is 20.1 Å². The first kappa shape index (κ1) is 24.9. The van der Waals surface area contributed by atoms with Crippen LogP contribution in [0.3, 0.4) is 0 Å². The molecule has 11 heteroatoms. The van der Waals surface area contributed by atoms with Gasteiger partial charge in [0.25, 0.3) is 11.8 Å². The molecular formula is C26H21Cl2N5O4. The number of aromatic nitrogens is 3. The Morgan fingerprint density at radius 1 is 1.00 bits per heavy atom. The van der Waals surface area contributed by atoms with Gasteiger partial charge in [0.05, 0.1) is 46.8 Å². The van der Waals surface area contributed by atoms with Gasteiger partial charge in [0.1, 0.15) is 11.4 Å². The second-order valence-electron chi connectivity index (χ2n) is 8.53. The third kappa shape index (κ3) is 5.07. The molecule has 1 saturated heterocycles. The molecule has 0 saturated carbocycles. The van der Waals surface area contributed by atoms with E-state index < -0.39 is 17.4 Å². The van der Waals surface area contributed by atoms with Crippen molar-refractivity contribution in [3.8, 4) is 16.9 Å². The molecular weight excluding hydrogens is 517 g/mol. The summed E-state index contributed by atoms with van der Waals surface area (Å²) in [4.78, 5) is 30.6. The Morgan fingerprint density at radius 3 is 2.41 bits per heavy atom. The molecule has 0 spiro atoms. The topological polar surface area (TPSA) is 118 Å². The maximum absolute atomic E-state index is 13.4. The summed E-state index contributed by atoms with van der Waals surface area (Å²) in [6, 6.07) is 18.9. The van der Waals surface area contributed by atoms with Crippen LogP contribution in [-0.4, -0.2) is 57.0 Å². The lowest BCUT2D eigenvalue weighted by atomic mass is 9.99. The van der Waals surface area contributed by atoms with E-state index in [9.17, 15) is 14.7 Å². The van der Waals surface area contributed by atoms with Crippen LogP contribution in [0.5, 0.6) is 0 Å².